The summed E-state index contributed by atoms with van der Waals surface area (Å²) in [4.78, 5) is 3.77. The van der Waals surface area contributed by atoms with E-state index in [-0.39, 0.29) is 11.9 Å². The van der Waals surface area contributed by atoms with E-state index in [1.54, 1.807) is 18.3 Å². The number of alkyl halides is 3. The first-order valence-electron chi connectivity index (χ1n) is 7.44. The van der Waals surface area contributed by atoms with Gasteiger partial charge in [-0.15, -0.1) is 12.6 Å². The summed E-state index contributed by atoms with van der Waals surface area (Å²) in [5.74, 6) is -3.07. The van der Waals surface area contributed by atoms with Gasteiger partial charge in [-0.05, 0) is 36.8 Å². The molecule has 3 N–H and O–H groups in total. The van der Waals surface area contributed by atoms with Crippen molar-refractivity contribution in [3.05, 3.63) is 71.2 Å². The van der Waals surface area contributed by atoms with Gasteiger partial charge in [-0.25, -0.2) is 13.2 Å². The minimum absolute atomic E-state index is 0.0324. The Balaban J connectivity index is 0.000000194. The molecular formula is C18H14F6N2S. The summed E-state index contributed by atoms with van der Waals surface area (Å²) < 4.78 is 74.3. The maximum Gasteiger partial charge on any atom is 0.419 e. The molecule has 0 bridgehead atoms. The van der Waals surface area contributed by atoms with Crippen LogP contribution in [0.4, 0.5) is 32.0 Å². The van der Waals surface area contributed by atoms with Crippen LogP contribution in [0, 0.1) is 24.4 Å². The number of aryl methyl sites for hydroxylation is 1. The molecule has 0 saturated carbocycles. The zero-order valence-electron chi connectivity index (χ0n) is 13.8. The predicted molar refractivity (Wildman–Crippen MR) is 93.9 cm³/mol. The number of hydrogen-bond acceptors (Lipinski definition) is 2. The zero-order chi connectivity index (χ0) is 20.4. The van der Waals surface area contributed by atoms with Crippen molar-refractivity contribution in [1.29, 1.82) is 0 Å². The Hall–Kier alpha value is -2.55. The summed E-state index contributed by atoms with van der Waals surface area (Å²) in [6.45, 7) is 1.87. The second-order valence-corrected chi connectivity index (χ2v) is 6.12. The number of aromatic nitrogens is 1. The van der Waals surface area contributed by atoms with E-state index in [9.17, 15) is 26.3 Å². The van der Waals surface area contributed by atoms with Gasteiger partial charge in [0.15, 0.2) is 0 Å². The van der Waals surface area contributed by atoms with E-state index in [1.807, 2.05) is 13.0 Å². The van der Waals surface area contributed by atoms with Gasteiger partial charge in [0, 0.05) is 28.4 Å². The Morgan fingerprint density at radius 3 is 2.11 bits per heavy atom. The summed E-state index contributed by atoms with van der Waals surface area (Å²) in [5.41, 5.74) is 4.81. The van der Waals surface area contributed by atoms with Crippen LogP contribution in [0.25, 0.3) is 11.3 Å². The van der Waals surface area contributed by atoms with Crippen molar-refractivity contribution in [2.75, 3.05) is 5.73 Å². The molecule has 144 valence electrons. The molecule has 27 heavy (non-hydrogen) atoms. The fourth-order valence-corrected chi connectivity index (χ4v) is 2.35. The van der Waals surface area contributed by atoms with E-state index in [2.05, 4.69) is 17.6 Å². The molecule has 0 unspecified atom stereocenters. The van der Waals surface area contributed by atoms with Crippen molar-refractivity contribution in [2.45, 2.75) is 18.0 Å². The molecule has 0 fully saturated rings. The van der Waals surface area contributed by atoms with Gasteiger partial charge >= 0.3 is 6.18 Å². The molecule has 0 aliphatic carbocycles. The number of rotatable bonds is 1. The molecule has 2 nitrogen and oxygen atoms in total. The van der Waals surface area contributed by atoms with E-state index in [0.717, 1.165) is 16.2 Å². The molecule has 1 aromatic heterocycles. The Kier molecular flexibility index (Phi) is 6.15. The smallest absolute Gasteiger partial charge is 0.396 e. The zero-order valence-corrected chi connectivity index (χ0v) is 14.7. The van der Waals surface area contributed by atoms with E-state index >= 15 is 0 Å². The van der Waals surface area contributed by atoms with E-state index in [1.165, 1.54) is 6.07 Å². The number of thiol groups is 1. The third-order valence-electron chi connectivity index (χ3n) is 3.47. The second kappa shape index (κ2) is 7.99. The molecule has 0 atom stereocenters. The summed E-state index contributed by atoms with van der Waals surface area (Å²) in [6.07, 6.45) is -3.17. The number of hydrogen-bond donors (Lipinski definition) is 3. The highest BCUT2D eigenvalue weighted by atomic mass is 32.1. The lowest BCUT2D eigenvalue weighted by atomic mass is 10.1. The van der Waals surface area contributed by atoms with Crippen LogP contribution in [-0.4, -0.2) is 4.98 Å². The van der Waals surface area contributed by atoms with E-state index in [4.69, 9.17) is 5.73 Å². The summed E-state index contributed by atoms with van der Waals surface area (Å²) >= 11 is 4.16. The number of nitrogens with two attached hydrogens (primary N) is 1. The van der Waals surface area contributed by atoms with Crippen LogP contribution < -0.4 is 5.73 Å². The van der Waals surface area contributed by atoms with Gasteiger partial charge in [0.05, 0.1) is 11.3 Å². The highest BCUT2D eigenvalue weighted by Crippen LogP contribution is 2.33. The van der Waals surface area contributed by atoms with Crippen molar-refractivity contribution in [3.8, 4) is 11.3 Å². The quantitative estimate of drug-likeness (QED) is 0.261. The third kappa shape index (κ3) is 5.22. The van der Waals surface area contributed by atoms with E-state index < -0.39 is 29.1 Å². The number of aromatic amines is 1. The average molecular weight is 404 g/mol. The monoisotopic (exact) mass is 404 g/mol. The van der Waals surface area contributed by atoms with Gasteiger partial charge in [0.1, 0.15) is 17.5 Å². The maximum absolute atomic E-state index is 13.5. The topological polar surface area (TPSA) is 41.8 Å². The van der Waals surface area contributed by atoms with Crippen molar-refractivity contribution in [1.82, 2.24) is 4.98 Å². The highest BCUT2D eigenvalue weighted by molar-refractivity contribution is 7.80. The van der Waals surface area contributed by atoms with Gasteiger partial charge in [0.2, 0.25) is 0 Å². The summed E-state index contributed by atoms with van der Waals surface area (Å²) in [6, 6.07) is 7.31. The second-order valence-electron chi connectivity index (χ2n) is 5.61. The predicted octanol–water partition coefficient (Wildman–Crippen LogP) is 5.98. The van der Waals surface area contributed by atoms with Crippen LogP contribution in [0.5, 0.6) is 0 Å². The van der Waals surface area contributed by atoms with Gasteiger partial charge < -0.3 is 10.7 Å². The van der Waals surface area contributed by atoms with Crippen molar-refractivity contribution >= 4 is 18.3 Å². The molecule has 0 radical (unpaired) electrons. The molecule has 0 spiro atoms. The number of halogens is 6. The SMILES string of the molecule is Cc1ccc(-c2cc(S)c[nH]2)c(F)c1.Nc1cc(F)c(C(F)(F)F)cc1F. The lowest BCUT2D eigenvalue weighted by molar-refractivity contribution is -0.140. The van der Waals surface area contributed by atoms with E-state index in [0.29, 0.717) is 11.6 Å². The molecule has 0 aliphatic rings. The number of anilines is 1. The number of benzene rings is 2. The van der Waals surface area contributed by atoms with Gasteiger partial charge in [-0.3, -0.25) is 0 Å². The molecule has 9 heteroatoms. The fourth-order valence-electron chi connectivity index (χ4n) is 2.16. The highest BCUT2D eigenvalue weighted by Gasteiger charge is 2.34. The normalized spacial score (nSPS) is 11.1. The lowest BCUT2D eigenvalue weighted by Crippen LogP contribution is -2.09. The first-order chi connectivity index (χ1) is 12.5. The van der Waals surface area contributed by atoms with Gasteiger partial charge in [0.25, 0.3) is 0 Å². The molecule has 3 rings (SSSR count). The van der Waals surface area contributed by atoms with Crippen LogP contribution in [0.1, 0.15) is 11.1 Å². The molecular weight excluding hydrogens is 390 g/mol. The van der Waals surface area contributed by atoms with Gasteiger partial charge in [-0.2, -0.15) is 13.2 Å². The Morgan fingerprint density at radius 2 is 1.59 bits per heavy atom. The molecule has 3 aromatic rings. The minimum Gasteiger partial charge on any atom is -0.396 e. The number of H-pyrrole nitrogens is 1. The van der Waals surface area contributed by atoms with Gasteiger partial charge in [-0.1, -0.05) is 6.07 Å². The Bertz CT molecular complexity index is 950. The first-order valence-corrected chi connectivity index (χ1v) is 7.89. The number of nitrogen functional groups attached to an aromatic ring is 1. The Labute approximate surface area is 156 Å². The fraction of sp³-hybridized carbons (Fsp3) is 0.111. The molecule has 0 saturated heterocycles. The van der Waals surface area contributed by atoms with Crippen molar-refractivity contribution < 1.29 is 26.3 Å². The van der Waals surface area contributed by atoms with Crippen LogP contribution in [0.3, 0.4) is 0 Å². The van der Waals surface area contributed by atoms with Crippen LogP contribution in [-0.2, 0) is 6.18 Å². The van der Waals surface area contributed by atoms with Crippen LogP contribution in [0.15, 0.2) is 47.5 Å². The molecule has 0 aliphatic heterocycles. The Morgan fingerprint density at radius 1 is 0.926 bits per heavy atom. The minimum atomic E-state index is -4.90. The molecule has 0 amide bonds. The first kappa shape index (κ1) is 20.8. The lowest BCUT2D eigenvalue weighted by Gasteiger charge is -2.08. The largest absolute Gasteiger partial charge is 0.419 e. The molecule has 2 aromatic carbocycles. The summed E-state index contributed by atoms with van der Waals surface area (Å²) in [7, 11) is 0. The number of nitrogens with one attached hydrogen (secondary N) is 1. The molecule has 1 heterocycles. The average Bonchev–Trinajstić information content (AvgIpc) is 2.96. The van der Waals surface area contributed by atoms with Crippen LogP contribution in [0.2, 0.25) is 0 Å². The maximum atomic E-state index is 13.5. The standard InChI is InChI=1S/C11H10FNS.C7H4F5N/c1-7-2-3-9(10(12)4-7)11-5-8(14)6-13-11;8-4-2-6(13)5(9)1-3(4)7(10,11)12/h2-6,13-14H,1H3;1-2H,13H2. The summed E-state index contributed by atoms with van der Waals surface area (Å²) in [5, 5.41) is 0. The van der Waals surface area contributed by atoms with Crippen LogP contribution >= 0.6 is 12.6 Å². The van der Waals surface area contributed by atoms with Crippen molar-refractivity contribution in [3.63, 3.8) is 0 Å². The van der Waals surface area contributed by atoms with Crippen molar-refractivity contribution in [2.24, 2.45) is 0 Å². The third-order valence-corrected chi connectivity index (χ3v) is 3.73.